The zero-order valence-electron chi connectivity index (χ0n) is 8.83. The number of pyridine rings is 1. The lowest BCUT2D eigenvalue weighted by molar-refractivity contribution is 0.182. The molecule has 0 saturated heterocycles. The van der Waals surface area contributed by atoms with E-state index < -0.39 is 0 Å². The molecule has 0 aliphatic rings. The lowest BCUT2D eigenvalue weighted by Crippen LogP contribution is -2.08. The number of benzene rings is 1. The molecule has 4 nitrogen and oxygen atoms in total. The van der Waals surface area contributed by atoms with Gasteiger partial charge in [0, 0.05) is 17.0 Å². The molecule has 1 aromatic heterocycles. The van der Waals surface area contributed by atoms with Gasteiger partial charge in [0.25, 0.3) is 0 Å². The smallest absolute Gasteiger partial charge is 0.0885 e. The fourth-order valence-electron chi connectivity index (χ4n) is 1.59. The van der Waals surface area contributed by atoms with E-state index in [1.54, 1.807) is 7.11 Å². The number of nitrogens with two attached hydrogens (primary N) is 1. The summed E-state index contributed by atoms with van der Waals surface area (Å²) in [5.74, 6) is 5.50. The van der Waals surface area contributed by atoms with Gasteiger partial charge >= 0.3 is 0 Å². The van der Waals surface area contributed by atoms with Crippen LogP contribution in [-0.2, 0) is 11.3 Å². The van der Waals surface area contributed by atoms with Gasteiger partial charge in [0.1, 0.15) is 0 Å². The molecule has 0 bridgehead atoms. The van der Waals surface area contributed by atoms with Gasteiger partial charge in [-0.15, -0.1) is 0 Å². The van der Waals surface area contributed by atoms with Gasteiger partial charge in [0.2, 0.25) is 0 Å². The molecule has 0 radical (unpaired) electrons. The van der Waals surface area contributed by atoms with Crippen LogP contribution in [0.3, 0.4) is 0 Å². The number of aromatic nitrogens is 1. The molecule has 0 aliphatic heterocycles. The van der Waals surface area contributed by atoms with Crippen molar-refractivity contribution in [2.24, 2.45) is 5.84 Å². The first-order valence-corrected chi connectivity index (χ1v) is 5.58. The average molecular weight is 282 g/mol. The number of anilines is 1. The topological polar surface area (TPSA) is 60.2 Å². The van der Waals surface area contributed by atoms with Gasteiger partial charge in [0.15, 0.2) is 0 Å². The molecule has 3 N–H and O–H groups in total. The highest BCUT2D eigenvalue weighted by Crippen LogP contribution is 2.26. The van der Waals surface area contributed by atoms with Crippen LogP contribution in [0.2, 0.25) is 0 Å². The Labute approximate surface area is 102 Å². The number of halogens is 1. The summed E-state index contributed by atoms with van der Waals surface area (Å²) < 4.78 is 6.06. The van der Waals surface area contributed by atoms with Crippen molar-refractivity contribution in [2.45, 2.75) is 6.61 Å². The first-order chi connectivity index (χ1) is 7.74. The molecule has 0 spiro atoms. The van der Waals surface area contributed by atoms with Crippen molar-refractivity contribution in [3.63, 3.8) is 0 Å². The van der Waals surface area contributed by atoms with E-state index in [2.05, 4.69) is 26.3 Å². The minimum absolute atomic E-state index is 0.473. The quantitative estimate of drug-likeness (QED) is 0.670. The molecule has 0 unspecified atom stereocenters. The summed E-state index contributed by atoms with van der Waals surface area (Å²) in [5, 5.41) is 0.983. The van der Waals surface area contributed by atoms with Gasteiger partial charge in [-0.25, -0.2) is 0 Å². The first-order valence-electron chi connectivity index (χ1n) is 4.79. The molecule has 0 atom stereocenters. The summed E-state index contributed by atoms with van der Waals surface area (Å²) in [6, 6.07) is 7.76. The standard InChI is InChI=1S/C11H12BrN3O/c1-16-6-8-5-11(15-13)9-4-7(12)2-3-10(9)14-8/h2-5H,6,13H2,1H3,(H,14,15). The molecule has 2 rings (SSSR count). The Morgan fingerprint density at radius 3 is 2.94 bits per heavy atom. The Morgan fingerprint density at radius 2 is 2.25 bits per heavy atom. The predicted octanol–water partition coefficient (Wildman–Crippen LogP) is 2.43. The van der Waals surface area contributed by atoms with Crippen LogP contribution in [0.25, 0.3) is 10.9 Å². The third kappa shape index (κ3) is 2.16. The second kappa shape index (κ2) is 4.78. The first kappa shape index (κ1) is 11.3. The van der Waals surface area contributed by atoms with Gasteiger partial charge in [-0.05, 0) is 24.3 Å². The number of hydrazine groups is 1. The van der Waals surface area contributed by atoms with Crippen LogP contribution in [0.5, 0.6) is 0 Å². The number of methoxy groups -OCH3 is 1. The fraction of sp³-hybridized carbons (Fsp3) is 0.182. The molecular formula is C11H12BrN3O. The van der Waals surface area contributed by atoms with Crippen molar-refractivity contribution in [1.29, 1.82) is 0 Å². The molecule has 84 valence electrons. The van der Waals surface area contributed by atoms with Crippen LogP contribution >= 0.6 is 15.9 Å². The summed E-state index contributed by atoms with van der Waals surface area (Å²) in [6.45, 7) is 0.473. The third-order valence-electron chi connectivity index (χ3n) is 2.27. The summed E-state index contributed by atoms with van der Waals surface area (Å²) in [6.07, 6.45) is 0. The number of hydrogen-bond donors (Lipinski definition) is 2. The average Bonchev–Trinajstić information content (AvgIpc) is 2.29. The summed E-state index contributed by atoms with van der Waals surface area (Å²) in [4.78, 5) is 4.47. The van der Waals surface area contributed by atoms with E-state index >= 15 is 0 Å². The van der Waals surface area contributed by atoms with Crippen LogP contribution in [0.1, 0.15) is 5.69 Å². The lowest BCUT2D eigenvalue weighted by atomic mass is 10.1. The van der Waals surface area contributed by atoms with Crippen LogP contribution < -0.4 is 11.3 Å². The minimum atomic E-state index is 0.473. The van der Waals surface area contributed by atoms with Crippen molar-refractivity contribution in [3.05, 3.63) is 34.4 Å². The van der Waals surface area contributed by atoms with Crippen molar-refractivity contribution in [1.82, 2.24) is 4.98 Å². The molecule has 0 aliphatic carbocycles. The SMILES string of the molecule is COCc1cc(NN)c2cc(Br)ccc2n1. The van der Waals surface area contributed by atoms with Crippen molar-refractivity contribution >= 4 is 32.5 Å². The second-order valence-electron chi connectivity index (χ2n) is 3.40. The van der Waals surface area contributed by atoms with Gasteiger partial charge in [-0.2, -0.15) is 0 Å². The number of nitrogens with zero attached hydrogens (tertiary/aromatic N) is 1. The Morgan fingerprint density at radius 1 is 1.44 bits per heavy atom. The number of nitrogens with one attached hydrogen (secondary N) is 1. The van der Waals surface area contributed by atoms with E-state index in [0.29, 0.717) is 6.61 Å². The summed E-state index contributed by atoms with van der Waals surface area (Å²) in [7, 11) is 1.64. The van der Waals surface area contributed by atoms with Gasteiger partial charge in [-0.1, -0.05) is 15.9 Å². The van der Waals surface area contributed by atoms with E-state index in [9.17, 15) is 0 Å². The molecular weight excluding hydrogens is 270 g/mol. The summed E-state index contributed by atoms with van der Waals surface area (Å²) >= 11 is 3.42. The maximum atomic E-state index is 5.50. The lowest BCUT2D eigenvalue weighted by Gasteiger charge is -2.08. The molecule has 1 heterocycles. The van der Waals surface area contributed by atoms with E-state index in [0.717, 1.165) is 26.8 Å². The van der Waals surface area contributed by atoms with Crippen molar-refractivity contribution < 1.29 is 4.74 Å². The molecule has 0 fully saturated rings. The Balaban J connectivity index is 2.63. The van der Waals surface area contributed by atoms with Crippen molar-refractivity contribution in [3.8, 4) is 0 Å². The van der Waals surface area contributed by atoms with Crippen LogP contribution in [0, 0.1) is 0 Å². The molecule has 1 aromatic carbocycles. The highest BCUT2D eigenvalue weighted by atomic mass is 79.9. The van der Waals surface area contributed by atoms with E-state index in [1.807, 2.05) is 24.3 Å². The fourth-order valence-corrected chi connectivity index (χ4v) is 1.96. The van der Waals surface area contributed by atoms with E-state index in [1.165, 1.54) is 0 Å². The van der Waals surface area contributed by atoms with E-state index in [4.69, 9.17) is 10.6 Å². The molecule has 16 heavy (non-hydrogen) atoms. The predicted molar refractivity (Wildman–Crippen MR) is 68.0 cm³/mol. The molecule has 0 saturated carbocycles. The Kier molecular flexibility index (Phi) is 3.38. The van der Waals surface area contributed by atoms with Crippen LogP contribution in [-0.4, -0.2) is 12.1 Å². The van der Waals surface area contributed by atoms with Gasteiger partial charge in [0.05, 0.1) is 23.5 Å². The van der Waals surface area contributed by atoms with Gasteiger partial charge < -0.3 is 10.2 Å². The normalized spacial score (nSPS) is 10.7. The largest absolute Gasteiger partial charge is 0.378 e. The number of nitrogen functional groups attached to an aromatic ring is 1. The number of hydrogen-bond acceptors (Lipinski definition) is 4. The van der Waals surface area contributed by atoms with Crippen LogP contribution in [0.15, 0.2) is 28.7 Å². The molecule has 0 amide bonds. The number of ether oxygens (including phenoxy) is 1. The maximum Gasteiger partial charge on any atom is 0.0885 e. The van der Waals surface area contributed by atoms with E-state index in [-0.39, 0.29) is 0 Å². The second-order valence-corrected chi connectivity index (χ2v) is 4.32. The third-order valence-corrected chi connectivity index (χ3v) is 2.76. The number of rotatable bonds is 3. The highest BCUT2D eigenvalue weighted by molar-refractivity contribution is 9.10. The van der Waals surface area contributed by atoms with Gasteiger partial charge in [-0.3, -0.25) is 10.8 Å². The van der Waals surface area contributed by atoms with Crippen LogP contribution in [0.4, 0.5) is 5.69 Å². The molecule has 2 aromatic rings. The zero-order valence-corrected chi connectivity index (χ0v) is 10.4. The summed E-state index contributed by atoms with van der Waals surface area (Å²) in [5.41, 5.74) is 5.27. The highest BCUT2D eigenvalue weighted by Gasteiger charge is 2.05. The maximum absolute atomic E-state index is 5.50. The zero-order chi connectivity index (χ0) is 11.5. The molecule has 5 heteroatoms. The van der Waals surface area contributed by atoms with Crippen molar-refractivity contribution in [2.75, 3.05) is 12.5 Å². The monoisotopic (exact) mass is 281 g/mol. The Bertz CT molecular complexity index is 516. The minimum Gasteiger partial charge on any atom is -0.378 e. The Hall–Kier alpha value is -1.17. The number of fused-ring (bicyclic) bond motifs is 1.